The van der Waals surface area contributed by atoms with Crippen LogP contribution < -0.4 is 9.64 Å². The van der Waals surface area contributed by atoms with Gasteiger partial charge in [0.05, 0.1) is 0 Å². The molecule has 3 rings (SSSR count). The number of rotatable bonds is 4. The summed E-state index contributed by atoms with van der Waals surface area (Å²) < 4.78 is 20.1. The zero-order chi connectivity index (χ0) is 15.5. The van der Waals surface area contributed by atoms with Crippen LogP contribution in [0.1, 0.15) is 18.4 Å². The van der Waals surface area contributed by atoms with Crippen LogP contribution in [-0.2, 0) is 11.4 Å². The fourth-order valence-corrected chi connectivity index (χ4v) is 2.80. The van der Waals surface area contributed by atoms with E-state index in [-0.39, 0.29) is 18.3 Å². The molecule has 5 heteroatoms. The molecule has 1 aliphatic rings. The number of nitrogens with zero attached hydrogens (tertiary/aromatic N) is 1. The lowest BCUT2D eigenvalue weighted by Gasteiger charge is -2.16. The van der Waals surface area contributed by atoms with Gasteiger partial charge in [0.25, 0.3) is 0 Å². The molecule has 1 fully saturated rings. The minimum atomic E-state index is -0.305. The van der Waals surface area contributed by atoms with Crippen molar-refractivity contribution in [1.29, 1.82) is 0 Å². The van der Waals surface area contributed by atoms with Crippen LogP contribution in [0, 0.1) is 5.82 Å². The van der Waals surface area contributed by atoms with E-state index >= 15 is 0 Å². The lowest BCUT2D eigenvalue weighted by Crippen LogP contribution is -2.23. The lowest BCUT2D eigenvalue weighted by atomic mass is 10.2. The summed E-state index contributed by atoms with van der Waals surface area (Å²) in [4.78, 5) is 13.5. The Morgan fingerprint density at radius 3 is 2.82 bits per heavy atom. The van der Waals surface area contributed by atoms with E-state index in [1.807, 2.05) is 18.2 Å². The SMILES string of the molecule is O=C1CCCN1c1cccc(OCc2ccc(Br)cc2F)c1. The van der Waals surface area contributed by atoms with Crippen molar-refractivity contribution < 1.29 is 13.9 Å². The van der Waals surface area contributed by atoms with Crippen LogP contribution in [0.5, 0.6) is 5.75 Å². The Morgan fingerprint density at radius 1 is 1.23 bits per heavy atom. The van der Waals surface area contributed by atoms with Crippen LogP contribution in [0.2, 0.25) is 0 Å². The molecule has 0 aromatic heterocycles. The number of carbonyl (C=O) groups excluding carboxylic acids is 1. The Kier molecular flexibility index (Phi) is 4.43. The van der Waals surface area contributed by atoms with Gasteiger partial charge < -0.3 is 9.64 Å². The topological polar surface area (TPSA) is 29.5 Å². The van der Waals surface area contributed by atoms with Gasteiger partial charge in [0.15, 0.2) is 0 Å². The number of halogens is 2. The molecule has 0 unspecified atom stereocenters. The Labute approximate surface area is 136 Å². The molecule has 0 N–H and O–H groups in total. The van der Waals surface area contributed by atoms with Crippen molar-refractivity contribution in [3.05, 3.63) is 58.3 Å². The van der Waals surface area contributed by atoms with Crippen LogP contribution >= 0.6 is 15.9 Å². The van der Waals surface area contributed by atoms with Crippen LogP contribution in [0.4, 0.5) is 10.1 Å². The predicted molar refractivity (Wildman–Crippen MR) is 86.5 cm³/mol. The van der Waals surface area contributed by atoms with Crippen LogP contribution in [0.15, 0.2) is 46.9 Å². The lowest BCUT2D eigenvalue weighted by molar-refractivity contribution is -0.117. The zero-order valence-electron chi connectivity index (χ0n) is 11.9. The van der Waals surface area contributed by atoms with Gasteiger partial charge in [-0.3, -0.25) is 4.79 Å². The second kappa shape index (κ2) is 6.48. The highest BCUT2D eigenvalue weighted by Crippen LogP contribution is 2.26. The van der Waals surface area contributed by atoms with Gasteiger partial charge >= 0.3 is 0 Å². The molecular weight excluding hydrogens is 349 g/mol. The first kappa shape index (κ1) is 15.0. The number of hydrogen-bond donors (Lipinski definition) is 0. The molecule has 0 spiro atoms. The number of hydrogen-bond acceptors (Lipinski definition) is 2. The summed E-state index contributed by atoms with van der Waals surface area (Å²) in [7, 11) is 0. The normalized spacial score (nSPS) is 14.5. The molecule has 1 saturated heterocycles. The molecule has 0 bridgehead atoms. The molecule has 0 radical (unpaired) electrons. The van der Waals surface area contributed by atoms with Crippen molar-refractivity contribution in [3.8, 4) is 5.75 Å². The smallest absolute Gasteiger partial charge is 0.227 e. The maximum absolute atomic E-state index is 13.8. The number of anilines is 1. The summed E-state index contributed by atoms with van der Waals surface area (Å²) in [6.07, 6.45) is 1.48. The molecule has 1 amide bonds. The van der Waals surface area contributed by atoms with E-state index in [1.165, 1.54) is 6.07 Å². The van der Waals surface area contributed by atoms with Crippen LogP contribution in [-0.4, -0.2) is 12.5 Å². The van der Waals surface area contributed by atoms with E-state index in [2.05, 4.69) is 15.9 Å². The predicted octanol–water partition coefficient (Wildman–Crippen LogP) is 4.29. The quantitative estimate of drug-likeness (QED) is 0.810. The van der Waals surface area contributed by atoms with Gasteiger partial charge in [0.2, 0.25) is 5.91 Å². The highest BCUT2D eigenvalue weighted by atomic mass is 79.9. The minimum Gasteiger partial charge on any atom is -0.489 e. The van der Waals surface area contributed by atoms with Gasteiger partial charge in [0.1, 0.15) is 18.2 Å². The maximum Gasteiger partial charge on any atom is 0.227 e. The Balaban J connectivity index is 1.71. The van der Waals surface area contributed by atoms with Gasteiger partial charge in [-0.15, -0.1) is 0 Å². The minimum absolute atomic E-state index is 0.135. The van der Waals surface area contributed by atoms with Gasteiger partial charge in [0, 0.05) is 34.8 Å². The highest BCUT2D eigenvalue weighted by molar-refractivity contribution is 9.10. The van der Waals surface area contributed by atoms with Gasteiger partial charge in [-0.05, 0) is 30.7 Å². The zero-order valence-corrected chi connectivity index (χ0v) is 13.5. The molecule has 0 aliphatic carbocycles. The monoisotopic (exact) mass is 363 g/mol. The number of carbonyl (C=O) groups is 1. The first-order valence-corrected chi connectivity index (χ1v) is 7.90. The third-order valence-electron chi connectivity index (χ3n) is 3.61. The van der Waals surface area contributed by atoms with E-state index in [9.17, 15) is 9.18 Å². The van der Waals surface area contributed by atoms with E-state index < -0.39 is 0 Å². The summed E-state index contributed by atoms with van der Waals surface area (Å²) in [6.45, 7) is 0.889. The summed E-state index contributed by atoms with van der Waals surface area (Å²) in [5.41, 5.74) is 1.32. The number of benzene rings is 2. The summed E-state index contributed by atoms with van der Waals surface area (Å²) in [5, 5.41) is 0. The first-order valence-electron chi connectivity index (χ1n) is 7.10. The molecule has 0 saturated carbocycles. The second-order valence-electron chi connectivity index (χ2n) is 5.17. The van der Waals surface area contributed by atoms with Crippen LogP contribution in [0.25, 0.3) is 0 Å². The van der Waals surface area contributed by atoms with Crippen molar-refractivity contribution in [2.24, 2.45) is 0 Å². The van der Waals surface area contributed by atoms with E-state index in [0.29, 0.717) is 22.2 Å². The molecule has 1 aliphatic heterocycles. The van der Waals surface area contributed by atoms with Crippen molar-refractivity contribution in [2.45, 2.75) is 19.4 Å². The largest absolute Gasteiger partial charge is 0.489 e. The average molecular weight is 364 g/mol. The number of amides is 1. The van der Waals surface area contributed by atoms with Crippen molar-refractivity contribution in [2.75, 3.05) is 11.4 Å². The van der Waals surface area contributed by atoms with Crippen molar-refractivity contribution >= 4 is 27.5 Å². The standard InChI is InChI=1S/C17H15BrFNO2/c18-13-7-6-12(16(19)9-13)11-22-15-4-1-3-14(10-15)20-8-2-5-17(20)21/h1,3-4,6-7,9-10H,2,5,8,11H2. The van der Waals surface area contributed by atoms with Gasteiger partial charge in [-0.1, -0.05) is 28.1 Å². The molecule has 22 heavy (non-hydrogen) atoms. The van der Waals surface area contributed by atoms with Gasteiger partial charge in [-0.25, -0.2) is 4.39 Å². The average Bonchev–Trinajstić information content (AvgIpc) is 2.93. The Bertz CT molecular complexity index is 705. The Morgan fingerprint density at radius 2 is 2.09 bits per heavy atom. The third-order valence-corrected chi connectivity index (χ3v) is 4.11. The van der Waals surface area contributed by atoms with Gasteiger partial charge in [-0.2, -0.15) is 0 Å². The molecular formula is C17H15BrFNO2. The highest BCUT2D eigenvalue weighted by Gasteiger charge is 2.21. The summed E-state index contributed by atoms with van der Waals surface area (Å²) >= 11 is 3.23. The number of ether oxygens (including phenoxy) is 1. The molecule has 114 valence electrons. The van der Waals surface area contributed by atoms with Crippen LogP contribution in [0.3, 0.4) is 0 Å². The molecule has 3 nitrogen and oxygen atoms in total. The summed E-state index contributed by atoms with van der Waals surface area (Å²) in [6, 6.07) is 12.2. The van der Waals surface area contributed by atoms with Crippen molar-refractivity contribution in [3.63, 3.8) is 0 Å². The first-order chi connectivity index (χ1) is 10.6. The molecule has 2 aromatic carbocycles. The summed E-state index contributed by atoms with van der Waals surface area (Å²) in [5.74, 6) is 0.455. The fraction of sp³-hybridized carbons (Fsp3) is 0.235. The Hall–Kier alpha value is -1.88. The van der Waals surface area contributed by atoms with Crippen molar-refractivity contribution in [1.82, 2.24) is 0 Å². The van der Waals surface area contributed by atoms with E-state index in [1.54, 1.807) is 23.1 Å². The fourth-order valence-electron chi connectivity index (χ4n) is 2.46. The molecule has 1 heterocycles. The van der Waals surface area contributed by atoms with E-state index in [0.717, 1.165) is 18.7 Å². The van der Waals surface area contributed by atoms with E-state index in [4.69, 9.17) is 4.74 Å². The second-order valence-corrected chi connectivity index (χ2v) is 6.09. The third kappa shape index (κ3) is 3.30. The molecule has 2 aromatic rings. The maximum atomic E-state index is 13.8. The molecule has 0 atom stereocenters.